The van der Waals surface area contributed by atoms with Gasteiger partial charge in [0.25, 0.3) is 5.56 Å². The lowest BCUT2D eigenvalue weighted by molar-refractivity contribution is 0.0980. The van der Waals surface area contributed by atoms with Crippen molar-refractivity contribution in [1.82, 2.24) is 4.98 Å². The minimum absolute atomic E-state index is 0.0884. The molecular formula is C13H13NO2. The number of hydrogen-bond donors (Lipinski definition) is 1. The van der Waals surface area contributed by atoms with Crippen molar-refractivity contribution < 1.29 is 4.79 Å². The summed E-state index contributed by atoms with van der Waals surface area (Å²) < 4.78 is 0. The molecule has 0 saturated carbocycles. The van der Waals surface area contributed by atoms with Gasteiger partial charge in [-0.15, -0.1) is 0 Å². The maximum Gasteiger partial charge on any atom is 0.259 e. The molecule has 16 heavy (non-hydrogen) atoms. The van der Waals surface area contributed by atoms with Crippen LogP contribution >= 0.6 is 0 Å². The third kappa shape index (κ3) is 1.89. The van der Waals surface area contributed by atoms with Crippen molar-refractivity contribution in [3.63, 3.8) is 0 Å². The van der Waals surface area contributed by atoms with Gasteiger partial charge in [-0.1, -0.05) is 25.1 Å². The third-order valence-corrected chi connectivity index (χ3v) is 2.53. The first-order valence-corrected chi connectivity index (χ1v) is 5.37. The number of rotatable bonds is 3. The van der Waals surface area contributed by atoms with Gasteiger partial charge < -0.3 is 4.98 Å². The van der Waals surface area contributed by atoms with Crippen LogP contribution in [0.2, 0.25) is 0 Å². The highest BCUT2D eigenvalue weighted by atomic mass is 16.1. The van der Waals surface area contributed by atoms with E-state index in [4.69, 9.17) is 0 Å². The Bertz CT molecular complexity index is 584. The lowest BCUT2D eigenvalue weighted by Crippen LogP contribution is -2.17. The Labute approximate surface area is 93.1 Å². The number of carbonyl (C=O) groups excluding carboxylic acids is 1. The van der Waals surface area contributed by atoms with E-state index in [1.807, 2.05) is 31.2 Å². The average molecular weight is 215 g/mol. The molecule has 0 unspecified atom stereocenters. The molecule has 0 aliphatic rings. The summed E-state index contributed by atoms with van der Waals surface area (Å²) in [6, 6.07) is 9.12. The molecule has 3 nitrogen and oxygen atoms in total. The monoisotopic (exact) mass is 215 g/mol. The van der Waals surface area contributed by atoms with Crippen molar-refractivity contribution in [1.29, 1.82) is 0 Å². The number of pyridine rings is 1. The Hall–Kier alpha value is -1.90. The Balaban J connectivity index is 2.58. The second-order valence-electron chi connectivity index (χ2n) is 3.77. The number of para-hydroxylation sites is 1. The summed E-state index contributed by atoms with van der Waals surface area (Å²) in [5, 5.41) is 0.890. The molecule has 1 N–H and O–H groups in total. The number of Topliss-reactive ketones (excluding diaryl/α,β-unsaturated/α-hetero) is 1. The summed E-state index contributed by atoms with van der Waals surface area (Å²) in [7, 11) is 0. The van der Waals surface area contributed by atoms with E-state index in [9.17, 15) is 9.59 Å². The third-order valence-electron chi connectivity index (χ3n) is 2.53. The van der Waals surface area contributed by atoms with Crippen LogP contribution in [0.25, 0.3) is 10.9 Å². The highest BCUT2D eigenvalue weighted by Crippen LogP contribution is 2.11. The zero-order valence-electron chi connectivity index (χ0n) is 9.12. The van der Waals surface area contributed by atoms with Gasteiger partial charge in [-0.25, -0.2) is 0 Å². The van der Waals surface area contributed by atoms with E-state index in [2.05, 4.69) is 4.98 Å². The van der Waals surface area contributed by atoms with Crippen molar-refractivity contribution >= 4 is 16.7 Å². The van der Waals surface area contributed by atoms with Crippen LogP contribution in [0.15, 0.2) is 35.1 Å². The van der Waals surface area contributed by atoms with Crippen molar-refractivity contribution in [2.45, 2.75) is 19.8 Å². The van der Waals surface area contributed by atoms with E-state index < -0.39 is 0 Å². The Morgan fingerprint density at radius 2 is 2.06 bits per heavy atom. The SMILES string of the molecule is CCCC(=O)c1cc2ccccc2[nH]c1=O. The van der Waals surface area contributed by atoms with E-state index in [1.165, 1.54) is 0 Å². The second kappa shape index (κ2) is 4.31. The number of H-pyrrole nitrogens is 1. The van der Waals surface area contributed by atoms with Crippen molar-refractivity contribution in [2.24, 2.45) is 0 Å². The molecule has 0 atom stereocenters. The van der Waals surface area contributed by atoms with E-state index in [-0.39, 0.29) is 16.9 Å². The highest BCUT2D eigenvalue weighted by Gasteiger charge is 2.10. The molecule has 0 amide bonds. The number of carbonyl (C=O) groups is 1. The first kappa shape index (κ1) is 10.6. The van der Waals surface area contributed by atoms with Crippen LogP contribution in [0.3, 0.4) is 0 Å². The zero-order valence-corrected chi connectivity index (χ0v) is 9.12. The first-order valence-electron chi connectivity index (χ1n) is 5.37. The van der Waals surface area contributed by atoms with Gasteiger partial charge in [-0.05, 0) is 23.9 Å². The van der Waals surface area contributed by atoms with E-state index in [0.29, 0.717) is 6.42 Å². The van der Waals surface area contributed by atoms with Crippen LogP contribution in [0.5, 0.6) is 0 Å². The summed E-state index contributed by atoms with van der Waals surface area (Å²) in [5.41, 5.74) is 0.734. The maximum absolute atomic E-state index is 11.7. The van der Waals surface area contributed by atoms with Gasteiger partial charge in [-0.2, -0.15) is 0 Å². The standard InChI is InChI=1S/C13H13NO2/c1-2-5-12(15)10-8-9-6-3-4-7-11(9)14-13(10)16/h3-4,6-8H,2,5H2,1H3,(H,14,16). The summed E-state index contributed by atoms with van der Waals surface area (Å²) >= 11 is 0. The second-order valence-corrected chi connectivity index (χ2v) is 3.77. The van der Waals surface area contributed by atoms with Crippen molar-refractivity contribution in [3.05, 3.63) is 46.2 Å². The molecule has 3 heteroatoms. The molecular weight excluding hydrogens is 202 g/mol. The van der Waals surface area contributed by atoms with Crippen LogP contribution < -0.4 is 5.56 Å². The molecule has 0 aliphatic carbocycles. The Kier molecular flexibility index (Phi) is 2.86. The van der Waals surface area contributed by atoms with E-state index >= 15 is 0 Å². The predicted octanol–water partition coefficient (Wildman–Crippen LogP) is 2.51. The Morgan fingerprint density at radius 1 is 1.31 bits per heavy atom. The smallest absolute Gasteiger partial charge is 0.259 e. The fraction of sp³-hybridized carbons (Fsp3) is 0.231. The van der Waals surface area contributed by atoms with Crippen LogP contribution in [-0.2, 0) is 0 Å². The number of hydrogen-bond acceptors (Lipinski definition) is 2. The molecule has 0 bridgehead atoms. The van der Waals surface area contributed by atoms with Crippen molar-refractivity contribution in [3.8, 4) is 0 Å². The molecule has 2 rings (SSSR count). The minimum atomic E-state index is -0.294. The fourth-order valence-electron chi connectivity index (χ4n) is 1.72. The summed E-state index contributed by atoms with van der Waals surface area (Å²) in [6.45, 7) is 1.92. The number of aromatic nitrogens is 1. The number of fused-ring (bicyclic) bond motifs is 1. The molecule has 0 spiro atoms. The first-order chi connectivity index (χ1) is 7.72. The normalized spacial score (nSPS) is 10.6. The average Bonchev–Trinajstić information content (AvgIpc) is 2.28. The molecule has 0 aliphatic heterocycles. The summed E-state index contributed by atoms with van der Waals surface area (Å²) in [4.78, 5) is 26.1. The van der Waals surface area contributed by atoms with Gasteiger partial charge in [0.2, 0.25) is 0 Å². The van der Waals surface area contributed by atoms with Gasteiger partial charge in [0.1, 0.15) is 0 Å². The van der Waals surface area contributed by atoms with Gasteiger partial charge in [-0.3, -0.25) is 9.59 Å². The number of ketones is 1. The molecule has 1 heterocycles. The molecule has 0 fully saturated rings. The molecule has 2 aromatic rings. The minimum Gasteiger partial charge on any atom is -0.321 e. The lowest BCUT2D eigenvalue weighted by Gasteiger charge is -2.01. The van der Waals surface area contributed by atoms with E-state index in [1.54, 1.807) is 6.07 Å². The van der Waals surface area contributed by atoms with Crippen LogP contribution in [0, 0.1) is 0 Å². The maximum atomic E-state index is 11.7. The zero-order chi connectivity index (χ0) is 11.5. The lowest BCUT2D eigenvalue weighted by atomic mass is 10.1. The number of benzene rings is 1. The molecule has 82 valence electrons. The largest absolute Gasteiger partial charge is 0.321 e. The van der Waals surface area contributed by atoms with Crippen LogP contribution in [-0.4, -0.2) is 10.8 Å². The van der Waals surface area contributed by atoms with Gasteiger partial charge in [0.15, 0.2) is 5.78 Å². The van der Waals surface area contributed by atoms with Crippen LogP contribution in [0.4, 0.5) is 0 Å². The fourth-order valence-corrected chi connectivity index (χ4v) is 1.72. The Morgan fingerprint density at radius 3 is 2.81 bits per heavy atom. The van der Waals surface area contributed by atoms with E-state index in [0.717, 1.165) is 17.3 Å². The molecule has 1 aromatic carbocycles. The molecule has 0 radical (unpaired) electrons. The van der Waals surface area contributed by atoms with Gasteiger partial charge in [0.05, 0.1) is 5.56 Å². The predicted molar refractivity (Wildman–Crippen MR) is 63.8 cm³/mol. The van der Waals surface area contributed by atoms with Crippen molar-refractivity contribution in [2.75, 3.05) is 0 Å². The number of nitrogens with one attached hydrogen (secondary N) is 1. The molecule has 0 saturated heterocycles. The molecule has 1 aromatic heterocycles. The topological polar surface area (TPSA) is 49.9 Å². The number of aromatic amines is 1. The quantitative estimate of drug-likeness (QED) is 0.800. The summed E-state index contributed by atoms with van der Waals surface area (Å²) in [6.07, 6.45) is 1.17. The highest BCUT2D eigenvalue weighted by molar-refractivity contribution is 5.98. The van der Waals surface area contributed by atoms with Gasteiger partial charge in [0, 0.05) is 11.9 Å². The van der Waals surface area contributed by atoms with Crippen LogP contribution in [0.1, 0.15) is 30.1 Å². The van der Waals surface area contributed by atoms with Gasteiger partial charge >= 0.3 is 0 Å². The summed E-state index contributed by atoms with van der Waals surface area (Å²) in [5.74, 6) is -0.0884.